The number of carbonyl (C=O) groups excluding carboxylic acids is 1. The van der Waals surface area contributed by atoms with Gasteiger partial charge in [0.2, 0.25) is 0 Å². The average molecular weight is 392 g/mol. The number of anilines is 1. The molecule has 1 heterocycles. The Kier molecular flexibility index (Phi) is 5.97. The second-order valence-electron chi connectivity index (χ2n) is 7.35. The lowest BCUT2D eigenvalue weighted by atomic mass is 10.0. The summed E-state index contributed by atoms with van der Waals surface area (Å²) in [4.78, 5) is 12.9. The molecule has 0 unspecified atom stereocenters. The van der Waals surface area contributed by atoms with E-state index in [1.54, 1.807) is 14.2 Å². The standard InChI is InChI=1S/C24H28N2O3/c1-15(2)26-16(3)13-21(17(26)4)24(27)25-19-9-12-23(29-6)22(14-19)18-7-10-20(28-5)11-8-18/h7-15H,1-6H3,(H,25,27). The molecule has 0 bridgehead atoms. The number of rotatable bonds is 6. The molecule has 0 aliphatic carbocycles. The van der Waals surface area contributed by atoms with Crippen molar-refractivity contribution in [3.8, 4) is 22.6 Å². The van der Waals surface area contributed by atoms with Crippen molar-refractivity contribution >= 4 is 11.6 Å². The summed E-state index contributed by atoms with van der Waals surface area (Å²) in [7, 11) is 3.28. The van der Waals surface area contributed by atoms with Gasteiger partial charge >= 0.3 is 0 Å². The van der Waals surface area contributed by atoms with E-state index in [0.29, 0.717) is 11.6 Å². The number of aryl methyl sites for hydroxylation is 1. The lowest BCUT2D eigenvalue weighted by molar-refractivity contribution is 0.102. The fraction of sp³-hybridized carbons (Fsp3) is 0.292. The van der Waals surface area contributed by atoms with Crippen LogP contribution in [0.2, 0.25) is 0 Å². The van der Waals surface area contributed by atoms with E-state index in [1.807, 2.05) is 62.4 Å². The molecule has 0 aliphatic heterocycles. The number of benzene rings is 2. The Morgan fingerprint density at radius 1 is 0.966 bits per heavy atom. The second-order valence-corrected chi connectivity index (χ2v) is 7.35. The molecular formula is C24H28N2O3. The minimum Gasteiger partial charge on any atom is -0.497 e. The number of carbonyl (C=O) groups is 1. The Hall–Kier alpha value is -3.21. The van der Waals surface area contributed by atoms with Gasteiger partial charge in [0.15, 0.2) is 0 Å². The lowest BCUT2D eigenvalue weighted by Gasteiger charge is -2.14. The molecule has 3 rings (SSSR count). The zero-order valence-corrected chi connectivity index (χ0v) is 17.9. The van der Waals surface area contributed by atoms with Gasteiger partial charge in [0.25, 0.3) is 5.91 Å². The summed E-state index contributed by atoms with van der Waals surface area (Å²) in [6.07, 6.45) is 0. The van der Waals surface area contributed by atoms with Crippen molar-refractivity contribution in [1.82, 2.24) is 4.57 Å². The van der Waals surface area contributed by atoms with Crippen LogP contribution in [0.4, 0.5) is 5.69 Å². The quantitative estimate of drug-likeness (QED) is 0.592. The predicted molar refractivity (Wildman–Crippen MR) is 117 cm³/mol. The third-order valence-electron chi connectivity index (χ3n) is 5.10. The Labute approximate surface area is 172 Å². The highest BCUT2D eigenvalue weighted by molar-refractivity contribution is 6.05. The van der Waals surface area contributed by atoms with E-state index in [0.717, 1.165) is 39.7 Å². The topological polar surface area (TPSA) is 52.5 Å². The number of hydrogen-bond acceptors (Lipinski definition) is 3. The molecule has 1 aromatic heterocycles. The zero-order valence-electron chi connectivity index (χ0n) is 17.9. The molecule has 0 fully saturated rings. The molecular weight excluding hydrogens is 364 g/mol. The summed E-state index contributed by atoms with van der Waals surface area (Å²) in [5.41, 5.74) is 5.35. The van der Waals surface area contributed by atoms with E-state index >= 15 is 0 Å². The van der Waals surface area contributed by atoms with Crippen LogP contribution >= 0.6 is 0 Å². The van der Waals surface area contributed by atoms with Crippen molar-refractivity contribution in [2.75, 3.05) is 19.5 Å². The van der Waals surface area contributed by atoms with Crippen LogP contribution < -0.4 is 14.8 Å². The SMILES string of the molecule is COc1ccc(-c2cc(NC(=O)c3cc(C)n(C(C)C)c3C)ccc2OC)cc1. The second kappa shape index (κ2) is 8.43. The van der Waals surface area contributed by atoms with E-state index < -0.39 is 0 Å². The maximum absolute atomic E-state index is 12.9. The molecule has 0 saturated carbocycles. The molecule has 2 aromatic carbocycles. The Morgan fingerprint density at radius 2 is 1.66 bits per heavy atom. The van der Waals surface area contributed by atoms with Crippen LogP contribution in [-0.2, 0) is 0 Å². The van der Waals surface area contributed by atoms with E-state index in [4.69, 9.17) is 9.47 Å². The molecule has 1 amide bonds. The highest BCUT2D eigenvalue weighted by Crippen LogP contribution is 2.34. The molecule has 0 saturated heterocycles. The van der Waals surface area contributed by atoms with Crippen LogP contribution in [0.15, 0.2) is 48.5 Å². The fourth-order valence-electron chi connectivity index (χ4n) is 3.78. The van der Waals surface area contributed by atoms with Gasteiger partial charge in [0.1, 0.15) is 11.5 Å². The van der Waals surface area contributed by atoms with Gasteiger partial charge in [-0.15, -0.1) is 0 Å². The third kappa shape index (κ3) is 4.14. The first kappa shape index (κ1) is 20.5. The largest absolute Gasteiger partial charge is 0.497 e. The Balaban J connectivity index is 1.92. The molecule has 152 valence electrons. The van der Waals surface area contributed by atoms with Gasteiger partial charge in [-0.2, -0.15) is 0 Å². The average Bonchev–Trinajstić information content (AvgIpc) is 3.02. The molecule has 0 spiro atoms. The van der Waals surface area contributed by atoms with Crippen LogP contribution in [-0.4, -0.2) is 24.7 Å². The molecule has 0 atom stereocenters. The van der Waals surface area contributed by atoms with Gasteiger partial charge < -0.3 is 19.4 Å². The Morgan fingerprint density at radius 3 is 2.21 bits per heavy atom. The first-order valence-electron chi connectivity index (χ1n) is 9.68. The number of methoxy groups -OCH3 is 2. The molecule has 3 aromatic rings. The number of aromatic nitrogens is 1. The molecule has 5 heteroatoms. The number of amides is 1. The molecule has 0 radical (unpaired) electrons. The highest BCUT2D eigenvalue weighted by Gasteiger charge is 2.18. The summed E-state index contributed by atoms with van der Waals surface area (Å²) in [6.45, 7) is 8.25. The smallest absolute Gasteiger partial charge is 0.257 e. The van der Waals surface area contributed by atoms with Crippen LogP contribution in [0.3, 0.4) is 0 Å². The molecule has 0 aliphatic rings. The van der Waals surface area contributed by atoms with Gasteiger partial charge in [0.05, 0.1) is 19.8 Å². The number of nitrogens with zero attached hydrogens (tertiary/aromatic N) is 1. The predicted octanol–water partition coefficient (Wildman–Crippen LogP) is 5.62. The minimum absolute atomic E-state index is 0.115. The Bertz CT molecular complexity index is 1020. The minimum atomic E-state index is -0.115. The van der Waals surface area contributed by atoms with Crippen molar-refractivity contribution < 1.29 is 14.3 Å². The summed E-state index contributed by atoms with van der Waals surface area (Å²) in [5, 5.41) is 3.03. The lowest BCUT2D eigenvalue weighted by Crippen LogP contribution is -2.14. The van der Waals surface area contributed by atoms with Crippen molar-refractivity contribution in [3.63, 3.8) is 0 Å². The molecule has 1 N–H and O–H groups in total. The van der Waals surface area contributed by atoms with Crippen molar-refractivity contribution in [2.45, 2.75) is 33.7 Å². The maximum Gasteiger partial charge on any atom is 0.257 e. The number of hydrogen-bond donors (Lipinski definition) is 1. The van der Waals surface area contributed by atoms with Crippen LogP contribution in [0.1, 0.15) is 41.6 Å². The summed E-state index contributed by atoms with van der Waals surface area (Å²) in [6, 6.07) is 15.6. The van der Waals surface area contributed by atoms with Gasteiger partial charge in [-0.25, -0.2) is 0 Å². The first-order chi connectivity index (χ1) is 13.8. The van der Waals surface area contributed by atoms with Gasteiger partial charge in [-0.1, -0.05) is 12.1 Å². The van der Waals surface area contributed by atoms with E-state index in [-0.39, 0.29) is 5.91 Å². The third-order valence-corrected chi connectivity index (χ3v) is 5.10. The summed E-state index contributed by atoms with van der Waals surface area (Å²) < 4.78 is 12.9. The monoisotopic (exact) mass is 392 g/mol. The van der Waals surface area contributed by atoms with Crippen LogP contribution in [0.25, 0.3) is 11.1 Å². The van der Waals surface area contributed by atoms with Crippen LogP contribution in [0, 0.1) is 13.8 Å². The van der Waals surface area contributed by atoms with Crippen molar-refractivity contribution in [2.24, 2.45) is 0 Å². The highest BCUT2D eigenvalue weighted by atomic mass is 16.5. The van der Waals surface area contributed by atoms with Crippen LogP contribution in [0.5, 0.6) is 11.5 Å². The molecule has 29 heavy (non-hydrogen) atoms. The van der Waals surface area contributed by atoms with E-state index in [2.05, 4.69) is 23.7 Å². The fourth-order valence-corrected chi connectivity index (χ4v) is 3.78. The maximum atomic E-state index is 12.9. The molecule has 5 nitrogen and oxygen atoms in total. The summed E-state index contributed by atoms with van der Waals surface area (Å²) >= 11 is 0. The van der Waals surface area contributed by atoms with Gasteiger partial charge in [0, 0.05) is 28.7 Å². The van der Waals surface area contributed by atoms with Crippen molar-refractivity contribution in [1.29, 1.82) is 0 Å². The van der Waals surface area contributed by atoms with Crippen molar-refractivity contribution in [3.05, 3.63) is 65.5 Å². The normalized spacial score (nSPS) is 10.9. The van der Waals surface area contributed by atoms with E-state index in [1.165, 1.54) is 0 Å². The van der Waals surface area contributed by atoms with Gasteiger partial charge in [-0.05, 0) is 69.7 Å². The number of ether oxygens (including phenoxy) is 2. The first-order valence-corrected chi connectivity index (χ1v) is 9.68. The van der Waals surface area contributed by atoms with E-state index in [9.17, 15) is 4.79 Å². The summed E-state index contributed by atoms with van der Waals surface area (Å²) in [5.74, 6) is 1.42. The zero-order chi connectivity index (χ0) is 21.1. The van der Waals surface area contributed by atoms with Gasteiger partial charge in [-0.3, -0.25) is 4.79 Å². The number of nitrogens with one attached hydrogen (secondary N) is 1.